The van der Waals surface area contributed by atoms with E-state index in [0.717, 1.165) is 6.42 Å². The van der Waals surface area contributed by atoms with Crippen LogP contribution in [0.5, 0.6) is 0 Å². The van der Waals surface area contributed by atoms with Crippen molar-refractivity contribution in [3.63, 3.8) is 0 Å². The number of rotatable bonds is 1. The van der Waals surface area contributed by atoms with Gasteiger partial charge in [0.25, 0.3) is 0 Å². The van der Waals surface area contributed by atoms with E-state index in [4.69, 9.17) is 0 Å². The molecule has 1 aliphatic carbocycles. The largest absolute Gasteiger partial charge is 0.329 e. The molecule has 3 aliphatic heterocycles. The molecule has 2 atom stereocenters. The molecule has 0 spiro atoms. The van der Waals surface area contributed by atoms with E-state index in [2.05, 4.69) is 72.5 Å². The smallest absolute Gasteiger partial charge is 0.0874 e. The third-order valence-electron chi connectivity index (χ3n) is 5.11. The number of fused-ring (bicyclic) bond motifs is 3. The SMILES string of the molecule is CC1CC=CC=C1C1=C2C=CC=C3c4ccccc4C1N32. The molecule has 0 radical (unpaired) electrons. The molecular formula is C20H17N. The minimum absolute atomic E-state index is 0.438. The second-order valence-corrected chi connectivity index (χ2v) is 6.26. The molecule has 0 saturated heterocycles. The third kappa shape index (κ3) is 1.31. The number of hydrogen-bond acceptors (Lipinski definition) is 1. The Morgan fingerprint density at radius 1 is 1.10 bits per heavy atom. The van der Waals surface area contributed by atoms with Crippen molar-refractivity contribution >= 4 is 5.70 Å². The zero-order valence-electron chi connectivity index (χ0n) is 12.1. The van der Waals surface area contributed by atoms with Gasteiger partial charge in [-0.2, -0.15) is 0 Å². The Kier molecular flexibility index (Phi) is 2.11. The van der Waals surface area contributed by atoms with Crippen molar-refractivity contribution in [3.8, 4) is 0 Å². The van der Waals surface area contributed by atoms with Gasteiger partial charge in [-0.25, -0.2) is 0 Å². The van der Waals surface area contributed by atoms with E-state index in [1.54, 1.807) is 5.57 Å². The first-order valence-electron chi connectivity index (χ1n) is 7.74. The van der Waals surface area contributed by atoms with Gasteiger partial charge in [0.15, 0.2) is 0 Å². The lowest BCUT2D eigenvalue weighted by atomic mass is 9.77. The monoisotopic (exact) mass is 271 g/mol. The van der Waals surface area contributed by atoms with E-state index in [9.17, 15) is 0 Å². The molecule has 1 nitrogen and oxygen atoms in total. The summed E-state index contributed by atoms with van der Waals surface area (Å²) in [7, 11) is 0. The molecule has 5 rings (SSSR count). The van der Waals surface area contributed by atoms with Crippen LogP contribution in [0.25, 0.3) is 5.70 Å². The molecule has 0 amide bonds. The molecule has 0 bridgehead atoms. The van der Waals surface area contributed by atoms with Crippen molar-refractivity contribution in [2.24, 2.45) is 5.92 Å². The fourth-order valence-electron chi connectivity index (χ4n) is 4.11. The van der Waals surface area contributed by atoms with Crippen molar-refractivity contribution in [2.45, 2.75) is 19.4 Å². The van der Waals surface area contributed by atoms with Gasteiger partial charge in [-0.15, -0.1) is 0 Å². The lowest BCUT2D eigenvalue weighted by molar-refractivity contribution is 0.363. The van der Waals surface area contributed by atoms with E-state index in [0.29, 0.717) is 12.0 Å². The van der Waals surface area contributed by atoms with E-state index in [-0.39, 0.29) is 0 Å². The summed E-state index contributed by atoms with van der Waals surface area (Å²) in [5.74, 6) is 0.621. The lowest BCUT2D eigenvalue weighted by Gasteiger charge is -2.45. The van der Waals surface area contributed by atoms with Gasteiger partial charge in [-0.05, 0) is 35.6 Å². The Morgan fingerprint density at radius 3 is 2.90 bits per heavy atom. The van der Waals surface area contributed by atoms with E-state index in [1.807, 2.05) is 0 Å². The molecule has 1 aromatic rings. The number of hydrogen-bond donors (Lipinski definition) is 0. The molecule has 1 aromatic carbocycles. The van der Waals surface area contributed by atoms with Crippen LogP contribution < -0.4 is 0 Å². The van der Waals surface area contributed by atoms with Gasteiger partial charge in [-0.3, -0.25) is 0 Å². The Labute approximate surface area is 125 Å². The molecule has 1 heteroatoms. The van der Waals surface area contributed by atoms with Crippen LogP contribution in [-0.2, 0) is 0 Å². The van der Waals surface area contributed by atoms with Crippen LogP contribution in [0.4, 0.5) is 0 Å². The molecule has 21 heavy (non-hydrogen) atoms. The summed E-state index contributed by atoms with van der Waals surface area (Å²) in [4.78, 5) is 2.51. The maximum absolute atomic E-state index is 2.51. The van der Waals surface area contributed by atoms with Gasteiger partial charge in [0.2, 0.25) is 0 Å². The van der Waals surface area contributed by atoms with E-state index in [1.165, 1.54) is 28.1 Å². The highest BCUT2D eigenvalue weighted by Gasteiger charge is 2.48. The minimum Gasteiger partial charge on any atom is -0.329 e. The first-order valence-corrected chi connectivity index (χ1v) is 7.74. The molecule has 2 unspecified atom stereocenters. The second-order valence-electron chi connectivity index (χ2n) is 6.26. The standard InChI is InChI=1S/C20H17N/c1-13-7-2-3-8-14(13)19-18-12-6-11-17-15-9-4-5-10-16(15)20(19)21(17)18/h2-6,8-13,20H,7H2,1H3. The van der Waals surface area contributed by atoms with Crippen LogP contribution in [-0.4, -0.2) is 4.90 Å². The lowest BCUT2D eigenvalue weighted by Crippen LogP contribution is -2.36. The number of nitrogens with zero attached hydrogens (tertiary/aromatic N) is 1. The molecule has 0 N–H and O–H groups in total. The van der Waals surface area contributed by atoms with Crippen molar-refractivity contribution < 1.29 is 0 Å². The van der Waals surface area contributed by atoms with Crippen LogP contribution >= 0.6 is 0 Å². The Hall–Kier alpha value is -2.28. The van der Waals surface area contributed by atoms with Crippen LogP contribution in [0.15, 0.2) is 77.6 Å². The average molecular weight is 271 g/mol. The molecular weight excluding hydrogens is 254 g/mol. The Bertz CT molecular complexity index is 801. The highest BCUT2D eigenvalue weighted by molar-refractivity contribution is 5.83. The van der Waals surface area contributed by atoms with Crippen LogP contribution in [0.2, 0.25) is 0 Å². The predicted molar refractivity (Wildman–Crippen MR) is 86.2 cm³/mol. The minimum atomic E-state index is 0.438. The molecule has 0 aromatic heterocycles. The first-order chi connectivity index (χ1) is 10.4. The highest BCUT2D eigenvalue weighted by atomic mass is 15.3. The maximum Gasteiger partial charge on any atom is 0.0874 e. The Morgan fingerprint density at radius 2 is 2.00 bits per heavy atom. The molecule has 3 heterocycles. The molecule has 0 fully saturated rings. The zero-order chi connectivity index (χ0) is 14.0. The summed E-state index contributed by atoms with van der Waals surface area (Å²) in [6.45, 7) is 2.34. The summed E-state index contributed by atoms with van der Waals surface area (Å²) < 4.78 is 0. The van der Waals surface area contributed by atoms with Crippen LogP contribution in [0.1, 0.15) is 30.5 Å². The first kappa shape index (κ1) is 11.4. The summed E-state index contributed by atoms with van der Waals surface area (Å²) in [6.07, 6.45) is 14.7. The summed E-state index contributed by atoms with van der Waals surface area (Å²) in [5.41, 5.74) is 8.71. The second kappa shape index (κ2) is 3.88. The topological polar surface area (TPSA) is 3.24 Å². The van der Waals surface area contributed by atoms with Gasteiger partial charge in [0, 0.05) is 22.5 Å². The zero-order valence-corrected chi connectivity index (χ0v) is 12.1. The van der Waals surface area contributed by atoms with E-state index < -0.39 is 0 Å². The number of allylic oxidation sites excluding steroid dienone is 6. The number of benzene rings is 1. The van der Waals surface area contributed by atoms with Crippen LogP contribution in [0, 0.1) is 5.92 Å². The van der Waals surface area contributed by atoms with Gasteiger partial charge in [0.05, 0.1) is 6.04 Å². The van der Waals surface area contributed by atoms with Gasteiger partial charge < -0.3 is 4.90 Å². The molecule has 4 aliphatic rings. The van der Waals surface area contributed by atoms with Crippen molar-refractivity contribution in [2.75, 3.05) is 0 Å². The summed E-state index contributed by atoms with van der Waals surface area (Å²) in [6, 6.07) is 9.30. The van der Waals surface area contributed by atoms with Gasteiger partial charge in [-0.1, -0.05) is 55.5 Å². The van der Waals surface area contributed by atoms with Crippen LogP contribution in [0.3, 0.4) is 0 Å². The normalized spacial score (nSPS) is 28.0. The van der Waals surface area contributed by atoms with Gasteiger partial charge in [0.1, 0.15) is 0 Å². The summed E-state index contributed by atoms with van der Waals surface area (Å²) >= 11 is 0. The average Bonchev–Trinajstić information content (AvgIpc) is 2.82. The summed E-state index contributed by atoms with van der Waals surface area (Å²) in [5, 5.41) is 0. The third-order valence-corrected chi connectivity index (χ3v) is 5.11. The van der Waals surface area contributed by atoms with E-state index >= 15 is 0 Å². The predicted octanol–water partition coefficient (Wildman–Crippen LogP) is 4.74. The van der Waals surface area contributed by atoms with Crippen molar-refractivity contribution in [3.05, 3.63) is 88.7 Å². The molecule has 0 saturated carbocycles. The van der Waals surface area contributed by atoms with Crippen molar-refractivity contribution in [1.29, 1.82) is 0 Å². The quantitative estimate of drug-likeness (QED) is 0.713. The van der Waals surface area contributed by atoms with Crippen molar-refractivity contribution in [1.82, 2.24) is 4.90 Å². The Balaban J connectivity index is 1.73. The van der Waals surface area contributed by atoms with Gasteiger partial charge >= 0.3 is 0 Å². The fraction of sp³-hybridized carbons (Fsp3) is 0.200. The highest BCUT2D eigenvalue weighted by Crippen LogP contribution is 2.59. The molecule has 102 valence electrons. The maximum atomic E-state index is 2.51. The fourth-order valence-corrected chi connectivity index (χ4v) is 4.11.